The first-order valence-corrected chi connectivity index (χ1v) is 8.07. The third-order valence-electron chi connectivity index (χ3n) is 4.00. The lowest BCUT2D eigenvalue weighted by atomic mass is 10.0. The Morgan fingerprint density at radius 2 is 2.28 bits per heavy atom. The molecule has 0 radical (unpaired) electrons. The highest BCUT2D eigenvalue weighted by molar-refractivity contribution is 7.10. The maximum atomic E-state index is 3.64. The van der Waals surface area contributed by atoms with E-state index >= 15 is 0 Å². The molecule has 102 valence electrons. The molecule has 2 rings (SSSR count). The molecule has 2 heterocycles. The van der Waals surface area contributed by atoms with E-state index in [1.165, 1.54) is 30.8 Å². The van der Waals surface area contributed by atoms with Crippen molar-refractivity contribution in [2.45, 2.75) is 45.7 Å². The predicted molar refractivity (Wildman–Crippen MR) is 80.2 cm³/mol. The molecule has 18 heavy (non-hydrogen) atoms. The minimum atomic E-state index is 0.491. The molecule has 2 unspecified atom stereocenters. The van der Waals surface area contributed by atoms with Gasteiger partial charge in [0.1, 0.15) is 0 Å². The first kappa shape index (κ1) is 14.0. The lowest BCUT2D eigenvalue weighted by molar-refractivity contribution is 0.205. The summed E-state index contributed by atoms with van der Waals surface area (Å²) in [4.78, 5) is 4.11. The van der Waals surface area contributed by atoms with Crippen LogP contribution >= 0.6 is 11.3 Å². The van der Waals surface area contributed by atoms with Crippen LogP contribution in [0.5, 0.6) is 0 Å². The van der Waals surface area contributed by atoms with E-state index < -0.39 is 0 Å². The molecule has 0 spiro atoms. The highest BCUT2D eigenvalue weighted by Gasteiger charge is 2.26. The average Bonchev–Trinajstić information content (AvgIpc) is 2.99. The van der Waals surface area contributed by atoms with Crippen LogP contribution in [-0.2, 0) is 0 Å². The second-order valence-corrected chi connectivity index (χ2v) is 6.66. The maximum Gasteiger partial charge on any atom is 0.0386 e. The summed E-state index contributed by atoms with van der Waals surface area (Å²) < 4.78 is 0. The number of hydrogen-bond donors (Lipinski definition) is 1. The molecular formula is C15H26N2S. The number of rotatable bonds is 6. The fourth-order valence-electron chi connectivity index (χ4n) is 2.95. The van der Waals surface area contributed by atoms with Gasteiger partial charge in [0.05, 0.1) is 0 Å². The molecule has 0 saturated carbocycles. The van der Waals surface area contributed by atoms with Gasteiger partial charge in [-0.2, -0.15) is 0 Å². The van der Waals surface area contributed by atoms with E-state index in [2.05, 4.69) is 48.5 Å². The lowest BCUT2D eigenvalue weighted by Crippen LogP contribution is -2.38. The molecule has 2 atom stereocenters. The Hall–Kier alpha value is -0.380. The van der Waals surface area contributed by atoms with Crippen molar-refractivity contribution in [1.82, 2.24) is 10.2 Å². The zero-order chi connectivity index (χ0) is 13.0. The topological polar surface area (TPSA) is 15.3 Å². The SMILES string of the molecule is CC(NCCN1CCCC1C(C)C)c1cccs1. The second-order valence-electron chi connectivity index (χ2n) is 5.68. The van der Waals surface area contributed by atoms with Gasteiger partial charge >= 0.3 is 0 Å². The van der Waals surface area contributed by atoms with E-state index in [0.29, 0.717) is 6.04 Å². The van der Waals surface area contributed by atoms with Crippen molar-refractivity contribution in [3.05, 3.63) is 22.4 Å². The quantitative estimate of drug-likeness (QED) is 0.847. The standard InChI is InChI=1S/C15H26N2S/c1-12(2)14-6-4-9-17(14)10-8-16-13(3)15-7-5-11-18-15/h5,7,11-14,16H,4,6,8-10H2,1-3H3. The fourth-order valence-corrected chi connectivity index (χ4v) is 3.71. The summed E-state index contributed by atoms with van der Waals surface area (Å²) in [6.45, 7) is 10.5. The highest BCUT2D eigenvalue weighted by atomic mass is 32.1. The summed E-state index contributed by atoms with van der Waals surface area (Å²) >= 11 is 1.84. The molecule has 1 N–H and O–H groups in total. The molecule has 1 aromatic heterocycles. The predicted octanol–water partition coefficient (Wildman–Crippen LogP) is 3.52. The Balaban J connectivity index is 1.72. The molecule has 2 nitrogen and oxygen atoms in total. The molecule has 0 aliphatic carbocycles. The first-order valence-electron chi connectivity index (χ1n) is 7.19. The number of nitrogens with one attached hydrogen (secondary N) is 1. The average molecular weight is 266 g/mol. The Labute approximate surface area is 115 Å². The van der Waals surface area contributed by atoms with Crippen LogP contribution in [0.2, 0.25) is 0 Å². The normalized spacial score (nSPS) is 22.8. The minimum absolute atomic E-state index is 0.491. The molecule has 0 amide bonds. The number of thiophene rings is 1. The van der Waals surface area contributed by atoms with E-state index in [0.717, 1.165) is 18.5 Å². The van der Waals surface area contributed by atoms with Crippen molar-refractivity contribution >= 4 is 11.3 Å². The van der Waals surface area contributed by atoms with Crippen molar-refractivity contribution in [2.75, 3.05) is 19.6 Å². The van der Waals surface area contributed by atoms with E-state index in [1.807, 2.05) is 11.3 Å². The fraction of sp³-hybridized carbons (Fsp3) is 0.733. The molecule has 1 aromatic rings. The first-order chi connectivity index (χ1) is 8.68. The van der Waals surface area contributed by atoms with E-state index in [-0.39, 0.29) is 0 Å². The van der Waals surface area contributed by atoms with Crippen LogP contribution in [0.25, 0.3) is 0 Å². The van der Waals surface area contributed by atoms with Gasteiger partial charge in [0.25, 0.3) is 0 Å². The Bertz CT molecular complexity index is 334. The summed E-state index contributed by atoms with van der Waals surface area (Å²) in [5.74, 6) is 0.794. The van der Waals surface area contributed by atoms with Crippen LogP contribution in [0.4, 0.5) is 0 Å². The molecular weight excluding hydrogens is 240 g/mol. The zero-order valence-corrected chi connectivity index (χ0v) is 12.7. The summed E-state index contributed by atoms with van der Waals surface area (Å²) in [5, 5.41) is 5.80. The van der Waals surface area contributed by atoms with Crippen molar-refractivity contribution in [3.8, 4) is 0 Å². The molecule has 3 heteroatoms. The van der Waals surface area contributed by atoms with Crippen molar-refractivity contribution in [2.24, 2.45) is 5.92 Å². The summed E-state index contributed by atoms with van der Waals surface area (Å²) in [6.07, 6.45) is 2.77. The zero-order valence-electron chi connectivity index (χ0n) is 11.9. The number of hydrogen-bond acceptors (Lipinski definition) is 3. The molecule has 1 saturated heterocycles. The number of likely N-dealkylation sites (tertiary alicyclic amines) is 1. The maximum absolute atomic E-state index is 3.64. The van der Waals surface area contributed by atoms with Crippen LogP contribution in [0.15, 0.2) is 17.5 Å². The van der Waals surface area contributed by atoms with Gasteiger partial charge in [0, 0.05) is 30.1 Å². The Morgan fingerprint density at radius 1 is 1.44 bits per heavy atom. The van der Waals surface area contributed by atoms with Gasteiger partial charge in [-0.25, -0.2) is 0 Å². The van der Waals surface area contributed by atoms with Gasteiger partial charge in [0.15, 0.2) is 0 Å². The molecule has 0 aromatic carbocycles. The van der Waals surface area contributed by atoms with Crippen molar-refractivity contribution in [1.29, 1.82) is 0 Å². The van der Waals surface area contributed by atoms with Crippen LogP contribution in [0.1, 0.15) is 44.5 Å². The molecule has 1 aliphatic heterocycles. The third kappa shape index (κ3) is 3.56. The van der Waals surface area contributed by atoms with Crippen molar-refractivity contribution < 1.29 is 0 Å². The van der Waals surface area contributed by atoms with Gasteiger partial charge in [0.2, 0.25) is 0 Å². The largest absolute Gasteiger partial charge is 0.308 e. The summed E-state index contributed by atoms with van der Waals surface area (Å²) in [5.41, 5.74) is 0. The van der Waals surface area contributed by atoms with Crippen LogP contribution in [0.3, 0.4) is 0 Å². The number of nitrogens with zero attached hydrogens (tertiary/aromatic N) is 1. The minimum Gasteiger partial charge on any atom is -0.308 e. The molecule has 1 aliphatic rings. The van der Waals surface area contributed by atoms with E-state index in [4.69, 9.17) is 0 Å². The van der Waals surface area contributed by atoms with Crippen molar-refractivity contribution in [3.63, 3.8) is 0 Å². The lowest BCUT2D eigenvalue weighted by Gasteiger charge is -2.28. The Morgan fingerprint density at radius 3 is 2.94 bits per heavy atom. The monoisotopic (exact) mass is 266 g/mol. The van der Waals surface area contributed by atoms with Crippen LogP contribution in [0, 0.1) is 5.92 Å². The highest BCUT2D eigenvalue weighted by Crippen LogP contribution is 2.23. The van der Waals surface area contributed by atoms with Gasteiger partial charge in [-0.05, 0) is 43.7 Å². The van der Waals surface area contributed by atoms with Gasteiger partial charge < -0.3 is 5.32 Å². The molecule has 1 fully saturated rings. The van der Waals surface area contributed by atoms with Crippen LogP contribution < -0.4 is 5.32 Å². The van der Waals surface area contributed by atoms with E-state index in [1.54, 1.807) is 0 Å². The smallest absolute Gasteiger partial charge is 0.0386 e. The van der Waals surface area contributed by atoms with E-state index in [9.17, 15) is 0 Å². The van der Waals surface area contributed by atoms with Gasteiger partial charge in [-0.1, -0.05) is 19.9 Å². The third-order valence-corrected chi connectivity index (χ3v) is 5.06. The molecule has 0 bridgehead atoms. The summed E-state index contributed by atoms with van der Waals surface area (Å²) in [7, 11) is 0. The Kier molecular flexibility index (Phi) is 5.22. The van der Waals surface area contributed by atoms with Gasteiger partial charge in [-0.3, -0.25) is 4.90 Å². The van der Waals surface area contributed by atoms with Crippen LogP contribution in [-0.4, -0.2) is 30.6 Å². The summed E-state index contributed by atoms with van der Waals surface area (Å²) in [6, 6.07) is 5.65. The second kappa shape index (κ2) is 6.69. The van der Waals surface area contributed by atoms with Gasteiger partial charge in [-0.15, -0.1) is 11.3 Å².